The van der Waals surface area contributed by atoms with Gasteiger partial charge in [0, 0.05) is 12.5 Å². The molecular weight excluding hydrogens is 399 g/mol. The van der Waals surface area contributed by atoms with E-state index in [4.69, 9.17) is 51.6 Å². The van der Waals surface area contributed by atoms with E-state index in [0.29, 0.717) is 66.1 Å². The Bertz CT molecular complexity index is 309. The van der Waals surface area contributed by atoms with Crippen LogP contribution in [0.15, 0.2) is 0 Å². The van der Waals surface area contributed by atoms with Crippen molar-refractivity contribution in [3.05, 3.63) is 0 Å². The molecule has 0 heterocycles. The zero-order valence-corrected chi connectivity index (χ0v) is 17.6. The van der Waals surface area contributed by atoms with Gasteiger partial charge in [0.1, 0.15) is 6.61 Å². The second kappa shape index (κ2) is 24.0. The summed E-state index contributed by atoms with van der Waals surface area (Å²) in [7, 11) is 0. The molecule has 0 rings (SSSR count). The molecule has 9 heteroatoms. The van der Waals surface area contributed by atoms with Crippen molar-refractivity contribution in [3.63, 3.8) is 0 Å². The molecule has 0 aromatic heterocycles. The molecule has 0 amide bonds. The second-order valence-corrected chi connectivity index (χ2v) is 6.37. The molecular formula is C18H34Cl2O7. The second-order valence-electron chi connectivity index (χ2n) is 5.57. The van der Waals surface area contributed by atoms with Crippen LogP contribution in [0.5, 0.6) is 0 Å². The van der Waals surface area contributed by atoms with Crippen LogP contribution in [0.25, 0.3) is 0 Å². The zero-order chi connectivity index (χ0) is 19.8. The Morgan fingerprint density at radius 1 is 0.519 bits per heavy atom. The molecule has 0 aromatic rings. The summed E-state index contributed by atoms with van der Waals surface area (Å²) in [5.41, 5.74) is 0. The van der Waals surface area contributed by atoms with E-state index in [1.54, 1.807) is 0 Å². The van der Waals surface area contributed by atoms with E-state index in [0.717, 1.165) is 25.3 Å². The fraction of sp³-hybridized carbons (Fsp3) is 0.944. The van der Waals surface area contributed by atoms with E-state index in [1.165, 1.54) is 12.8 Å². The lowest BCUT2D eigenvalue weighted by molar-refractivity contribution is -0.116. The minimum Gasteiger partial charge on any atom is -0.379 e. The molecule has 27 heavy (non-hydrogen) atoms. The summed E-state index contributed by atoms with van der Waals surface area (Å²) in [6.07, 6.45) is 4.50. The van der Waals surface area contributed by atoms with Gasteiger partial charge in [-0.25, -0.2) is 0 Å². The van der Waals surface area contributed by atoms with Crippen LogP contribution in [0.2, 0.25) is 0 Å². The first-order chi connectivity index (χ1) is 13.3. The normalized spacial score (nSPS) is 11.2. The molecule has 0 spiro atoms. The Morgan fingerprint density at radius 2 is 0.889 bits per heavy atom. The van der Waals surface area contributed by atoms with Crippen molar-refractivity contribution in [2.75, 3.05) is 85.2 Å². The van der Waals surface area contributed by atoms with Gasteiger partial charge in [0.25, 0.3) is 0 Å². The van der Waals surface area contributed by atoms with Gasteiger partial charge in [-0.05, 0) is 24.4 Å². The Hall–Kier alpha value is 0.01000. The van der Waals surface area contributed by atoms with E-state index in [-0.39, 0.29) is 6.61 Å². The van der Waals surface area contributed by atoms with E-state index in [9.17, 15) is 4.79 Å². The summed E-state index contributed by atoms with van der Waals surface area (Å²) < 4.78 is 31.8. The van der Waals surface area contributed by atoms with Crippen LogP contribution in [0, 0.1) is 0 Å². The van der Waals surface area contributed by atoms with Crippen molar-refractivity contribution in [2.24, 2.45) is 0 Å². The number of rotatable bonds is 23. The Morgan fingerprint density at radius 3 is 1.30 bits per heavy atom. The lowest BCUT2D eigenvalue weighted by atomic mass is 10.2. The quantitative estimate of drug-likeness (QED) is 0.139. The third-order valence-electron chi connectivity index (χ3n) is 3.25. The van der Waals surface area contributed by atoms with Crippen molar-refractivity contribution in [1.29, 1.82) is 0 Å². The SMILES string of the molecule is O=C(Cl)COCCOCCOCCOCCOCCOCCCCCCCl. The van der Waals surface area contributed by atoms with E-state index < -0.39 is 5.24 Å². The third-order valence-corrected chi connectivity index (χ3v) is 3.62. The Balaban J connectivity index is 2.98. The Labute approximate surface area is 172 Å². The predicted molar refractivity (Wildman–Crippen MR) is 105 cm³/mol. The van der Waals surface area contributed by atoms with Gasteiger partial charge in [0.05, 0.1) is 66.1 Å². The first kappa shape index (κ1) is 27.0. The predicted octanol–water partition coefficient (Wildman–Crippen LogP) is 2.65. The number of unbranched alkanes of at least 4 members (excludes halogenated alkanes) is 3. The minimum absolute atomic E-state index is 0.0923. The number of hydrogen-bond acceptors (Lipinski definition) is 7. The van der Waals surface area contributed by atoms with Gasteiger partial charge in [0.2, 0.25) is 5.24 Å². The fourth-order valence-corrected chi connectivity index (χ4v) is 2.17. The standard InChI is InChI=1S/C18H34Cl2O7/c19-5-3-1-2-4-6-22-7-8-23-9-10-24-11-12-25-13-14-26-15-16-27-17-18(20)21/h1-17H2. The maximum absolute atomic E-state index is 10.4. The monoisotopic (exact) mass is 432 g/mol. The molecule has 7 nitrogen and oxygen atoms in total. The first-order valence-electron chi connectivity index (χ1n) is 9.48. The van der Waals surface area contributed by atoms with Crippen LogP contribution in [-0.2, 0) is 33.2 Å². The topological polar surface area (TPSA) is 72.5 Å². The van der Waals surface area contributed by atoms with E-state index in [1.807, 2.05) is 0 Å². The van der Waals surface area contributed by atoms with Gasteiger partial charge in [-0.15, -0.1) is 11.6 Å². The van der Waals surface area contributed by atoms with Gasteiger partial charge >= 0.3 is 0 Å². The molecule has 0 aromatic carbocycles. The largest absolute Gasteiger partial charge is 0.379 e. The number of halogens is 2. The smallest absolute Gasteiger partial charge is 0.247 e. The molecule has 0 fully saturated rings. The van der Waals surface area contributed by atoms with Crippen molar-refractivity contribution in [2.45, 2.75) is 25.7 Å². The number of ether oxygens (including phenoxy) is 6. The summed E-state index contributed by atoms with van der Waals surface area (Å²) in [6, 6.07) is 0. The lowest BCUT2D eigenvalue weighted by Gasteiger charge is -2.08. The van der Waals surface area contributed by atoms with Gasteiger partial charge < -0.3 is 28.4 Å². The summed E-state index contributed by atoms with van der Waals surface area (Å²) in [6.45, 7) is 5.69. The molecule has 162 valence electrons. The maximum Gasteiger partial charge on any atom is 0.247 e. The van der Waals surface area contributed by atoms with Gasteiger partial charge in [0.15, 0.2) is 0 Å². The molecule has 0 unspecified atom stereocenters. The average molecular weight is 433 g/mol. The highest BCUT2D eigenvalue weighted by atomic mass is 35.5. The highest BCUT2D eigenvalue weighted by Gasteiger charge is 1.96. The molecule has 0 bridgehead atoms. The molecule has 0 aliphatic carbocycles. The van der Waals surface area contributed by atoms with Gasteiger partial charge in [-0.3, -0.25) is 4.79 Å². The Kier molecular flexibility index (Phi) is 24.1. The number of hydrogen-bond donors (Lipinski definition) is 0. The zero-order valence-electron chi connectivity index (χ0n) is 16.1. The van der Waals surface area contributed by atoms with Crippen molar-refractivity contribution < 1.29 is 33.2 Å². The van der Waals surface area contributed by atoms with Gasteiger partial charge in [-0.2, -0.15) is 0 Å². The summed E-state index contributed by atoms with van der Waals surface area (Å²) in [4.78, 5) is 10.4. The number of carbonyl (C=O) groups is 1. The molecule has 0 aliphatic heterocycles. The minimum atomic E-state index is -0.512. The molecule has 0 radical (unpaired) electrons. The third kappa shape index (κ3) is 26.0. The van der Waals surface area contributed by atoms with Crippen LogP contribution in [0.3, 0.4) is 0 Å². The molecule has 0 aliphatic rings. The van der Waals surface area contributed by atoms with Crippen LogP contribution < -0.4 is 0 Å². The first-order valence-corrected chi connectivity index (χ1v) is 10.4. The average Bonchev–Trinajstić information content (AvgIpc) is 2.65. The van der Waals surface area contributed by atoms with E-state index in [2.05, 4.69) is 0 Å². The van der Waals surface area contributed by atoms with Crippen LogP contribution >= 0.6 is 23.2 Å². The molecule has 0 saturated carbocycles. The van der Waals surface area contributed by atoms with Crippen molar-refractivity contribution in [3.8, 4) is 0 Å². The maximum atomic E-state index is 10.4. The highest BCUT2D eigenvalue weighted by Crippen LogP contribution is 2.01. The van der Waals surface area contributed by atoms with Crippen molar-refractivity contribution in [1.82, 2.24) is 0 Å². The number of carbonyl (C=O) groups excluding carboxylic acids is 1. The van der Waals surface area contributed by atoms with Crippen LogP contribution in [0.4, 0.5) is 0 Å². The fourth-order valence-electron chi connectivity index (χ4n) is 1.90. The summed E-state index contributed by atoms with van der Waals surface area (Å²) >= 11 is 10.7. The molecule has 0 atom stereocenters. The highest BCUT2D eigenvalue weighted by molar-refractivity contribution is 6.63. The van der Waals surface area contributed by atoms with Crippen LogP contribution in [0.1, 0.15) is 25.7 Å². The lowest BCUT2D eigenvalue weighted by Crippen LogP contribution is -2.14. The van der Waals surface area contributed by atoms with E-state index >= 15 is 0 Å². The van der Waals surface area contributed by atoms with Gasteiger partial charge in [-0.1, -0.05) is 12.8 Å². The van der Waals surface area contributed by atoms with Crippen LogP contribution in [-0.4, -0.2) is 90.4 Å². The molecule has 0 saturated heterocycles. The summed E-state index contributed by atoms with van der Waals surface area (Å²) in [5.74, 6) is 0.744. The summed E-state index contributed by atoms with van der Waals surface area (Å²) in [5, 5.41) is -0.512. The number of alkyl halides is 1. The molecule has 0 N–H and O–H groups in total. The van der Waals surface area contributed by atoms with Crippen molar-refractivity contribution >= 4 is 28.4 Å².